The van der Waals surface area contributed by atoms with E-state index >= 15 is 0 Å². The zero-order valence-electron chi connectivity index (χ0n) is 6.17. The molecule has 1 unspecified atom stereocenters. The molecule has 0 saturated carbocycles. The van der Waals surface area contributed by atoms with Crippen LogP contribution in [0.25, 0.3) is 0 Å². The fourth-order valence-electron chi connectivity index (χ4n) is 1.19. The largest absolute Gasteiger partial charge is 0.352 e. The van der Waals surface area contributed by atoms with Gasteiger partial charge in [-0.3, -0.25) is 0 Å². The van der Waals surface area contributed by atoms with Crippen LogP contribution in [-0.2, 0) is 0 Å². The van der Waals surface area contributed by atoms with Gasteiger partial charge in [-0.2, -0.15) is 0 Å². The lowest BCUT2D eigenvalue weighted by atomic mass is 10.2. The first-order chi connectivity index (χ1) is 4.20. The molecule has 0 aromatic carbocycles. The van der Waals surface area contributed by atoms with E-state index in [0.29, 0.717) is 6.04 Å². The molecule has 0 aliphatic carbocycles. The number of likely N-dealkylation sites (N-methyl/N-ethyl adjacent to an activating group) is 1. The minimum atomic E-state index is 0.676. The quantitative estimate of drug-likeness (QED) is 0.443. The van der Waals surface area contributed by atoms with E-state index in [2.05, 4.69) is 19.0 Å². The molecule has 0 aromatic rings. The summed E-state index contributed by atoms with van der Waals surface area (Å²) in [4.78, 5) is 4.11. The molecule has 1 atom stereocenters. The van der Waals surface area contributed by atoms with Gasteiger partial charge in [0, 0.05) is 12.6 Å². The number of rotatable bonds is 1. The van der Waals surface area contributed by atoms with Crippen LogP contribution in [0.15, 0.2) is 0 Å². The van der Waals surface area contributed by atoms with Gasteiger partial charge in [-0.1, -0.05) is 0 Å². The molecule has 2 nitrogen and oxygen atoms in total. The predicted octanol–water partition coefficient (Wildman–Crippen LogP) is -0.294. The summed E-state index contributed by atoms with van der Waals surface area (Å²) in [5.41, 5.74) is 0. The van der Waals surface area contributed by atoms with Gasteiger partial charge in [0.2, 0.25) is 0 Å². The Morgan fingerprint density at radius 1 is 1.56 bits per heavy atom. The summed E-state index contributed by atoms with van der Waals surface area (Å²) in [6.07, 6.45) is 1.21. The molecular formula is C6H13BN2. The SMILES string of the molecule is [B]N1CCC(N(C)C)C1. The van der Waals surface area contributed by atoms with Crippen molar-refractivity contribution in [3.05, 3.63) is 0 Å². The van der Waals surface area contributed by atoms with Crippen molar-refractivity contribution >= 4 is 7.98 Å². The lowest BCUT2D eigenvalue weighted by Crippen LogP contribution is -2.30. The van der Waals surface area contributed by atoms with E-state index in [1.54, 1.807) is 0 Å². The third-order valence-corrected chi connectivity index (χ3v) is 1.93. The smallest absolute Gasteiger partial charge is 0.182 e. The Hall–Kier alpha value is -0.0151. The number of hydrogen-bond acceptors (Lipinski definition) is 2. The standard InChI is InChI=1S/C6H13BN2/c1-8(2)6-3-4-9(7)5-6/h6H,3-5H2,1-2H3. The molecule has 0 spiro atoms. The summed E-state index contributed by atoms with van der Waals surface area (Å²) in [7, 11) is 9.77. The van der Waals surface area contributed by atoms with Crippen LogP contribution in [0.4, 0.5) is 0 Å². The first-order valence-electron chi connectivity index (χ1n) is 3.36. The number of hydrogen-bond donors (Lipinski definition) is 0. The number of nitrogens with zero attached hydrogens (tertiary/aromatic N) is 2. The average molecular weight is 124 g/mol. The molecule has 0 aromatic heterocycles. The molecule has 1 aliphatic rings. The highest BCUT2D eigenvalue weighted by atomic mass is 15.2. The summed E-state index contributed by atoms with van der Waals surface area (Å²) in [5.74, 6) is 0. The van der Waals surface area contributed by atoms with Gasteiger partial charge >= 0.3 is 0 Å². The fraction of sp³-hybridized carbons (Fsp3) is 1.00. The molecular weight excluding hydrogens is 111 g/mol. The van der Waals surface area contributed by atoms with Crippen molar-refractivity contribution in [1.29, 1.82) is 0 Å². The minimum absolute atomic E-state index is 0.676. The highest BCUT2D eigenvalue weighted by Gasteiger charge is 2.19. The Bertz CT molecular complexity index is 95.1. The van der Waals surface area contributed by atoms with Crippen LogP contribution in [0.3, 0.4) is 0 Å². The van der Waals surface area contributed by atoms with Crippen molar-refractivity contribution < 1.29 is 0 Å². The van der Waals surface area contributed by atoms with E-state index in [0.717, 1.165) is 13.1 Å². The molecule has 1 aliphatic heterocycles. The minimum Gasteiger partial charge on any atom is -0.352 e. The maximum absolute atomic E-state index is 5.57. The van der Waals surface area contributed by atoms with Gasteiger partial charge in [0.25, 0.3) is 0 Å². The summed E-state index contributed by atoms with van der Waals surface area (Å²) in [5, 5.41) is 0. The summed E-state index contributed by atoms with van der Waals surface area (Å²) < 4.78 is 0. The van der Waals surface area contributed by atoms with Crippen LogP contribution in [-0.4, -0.2) is 50.9 Å². The molecule has 1 heterocycles. The Balaban J connectivity index is 2.30. The van der Waals surface area contributed by atoms with E-state index in [1.807, 2.05) is 4.81 Å². The second-order valence-corrected chi connectivity index (χ2v) is 2.90. The maximum Gasteiger partial charge on any atom is 0.182 e. The van der Waals surface area contributed by atoms with Gasteiger partial charge < -0.3 is 9.71 Å². The van der Waals surface area contributed by atoms with Crippen molar-refractivity contribution in [3.8, 4) is 0 Å². The maximum atomic E-state index is 5.57. The topological polar surface area (TPSA) is 6.48 Å². The first-order valence-corrected chi connectivity index (χ1v) is 3.36. The van der Waals surface area contributed by atoms with E-state index in [9.17, 15) is 0 Å². The van der Waals surface area contributed by atoms with Crippen LogP contribution in [0.1, 0.15) is 6.42 Å². The highest BCUT2D eigenvalue weighted by molar-refractivity contribution is 6.04. The fourth-order valence-corrected chi connectivity index (χ4v) is 1.19. The molecule has 0 amide bonds. The zero-order chi connectivity index (χ0) is 6.85. The Morgan fingerprint density at radius 3 is 2.44 bits per heavy atom. The van der Waals surface area contributed by atoms with Crippen molar-refractivity contribution in [2.45, 2.75) is 12.5 Å². The highest BCUT2D eigenvalue weighted by Crippen LogP contribution is 2.09. The Morgan fingerprint density at radius 2 is 2.22 bits per heavy atom. The van der Waals surface area contributed by atoms with Crippen LogP contribution < -0.4 is 0 Å². The molecule has 0 bridgehead atoms. The van der Waals surface area contributed by atoms with Gasteiger partial charge in [0.15, 0.2) is 7.98 Å². The molecule has 1 fully saturated rings. The van der Waals surface area contributed by atoms with E-state index in [-0.39, 0.29) is 0 Å². The van der Waals surface area contributed by atoms with E-state index in [1.165, 1.54) is 6.42 Å². The van der Waals surface area contributed by atoms with Crippen LogP contribution >= 0.6 is 0 Å². The molecule has 2 radical (unpaired) electrons. The molecule has 50 valence electrons. The zero-order valence-corrected chi connectivity index (χ0v) is 6.17. The predicted molar refractivity (Wildman–Crippen MR) is 39.4 cm³/mol. The van der Waals surface area contributed by atoms with Crippen molar-refractivity contribution in [1.82, 2.24) is 9.71 Å². The van der Waals surface area contributed by atoms with E-state index in [4.69, 9.17) is 7.98 Å². The van der Waals surface area contributed by atoms with Crippen LogP contribution in [0.5, 0.6) is 0 Å². The third-order valence-electron chi connectivity index (χ3n) is 1.93. The second-order valence-electron chi connectivity index (χ2n) is 2.90. The summed E-state index contributed by atoms with van der Waals surface area (Å²) >= 11 is 0. The lowest BCUT2D eigenvalue weighted by Gasteiger charge is -2.18. The molecule has 1 rings (SSSR count). The second kappa shape index (κ2) is 2.71. The first kappa shape index (κ1) is 7.10. The van der Waals surface area contributed by atoms with Crippen molar-refractivity contribution in [3.63, 3.8) is 0 Å². The van der Waals surface area contributed by atoms with Crippen LogP contribution in [0, 0.1) is 0 Å². The average Bonchev–Trinajstić information content (AvgIpc) is 2.14. The van der Waals surface area contributed by atoms with Crippen LogP contribution in [0.2, 0.25) is 0 Å². The lowest BCUT2D eigenvalue weighted by molar-refractivity contribution is 0.304. The summed E-state index contributed by atoms with van der Waals surface area (Å²) in [6.45, 7) is 2.07. The molecule has 1 saturated heterocycles. The Kier molecular flexibility index (Phi) is 2.14. The van der Waals surface area contributed by atoms with Crippen molar-refractivity contribution in [2.24, 2.45) is 0 Å². The van der Waals surface area contributed by atoms with Gasteiger partial charge in [-0.25, -0.2) is 0 Å². The van der Waals surface area contributed by atoms with Gasteiger partial charge in [0.05, 0.1) is 0 Å². The van der Waals surface area contributed by atoms with Crippen molar-refractivity contribution in [2.75, 3.05) is 27.2 Å². The Labute approximate surface area is 58.3 Å². The van der Waals surface area contributed by atoms with Gasteiger partial charge in [-0.05, 0) is 27.1 Å². The molecule has 3 heteroatoms. The normalized spacial score (nSPS) is 29.9. The summed E-state index contributed by atoms with van der Waals surface area (Å²) in [6, 6.07) is 0.676. The molecule has 0 N–H and O–H groups in total. The monoisotopic (exact) mass is 124 g/mol. The molecule has 9 heavy (non-hydrogen) atoms. The third kappa shape index (κ3) is 1.70. The van der Waals surface area contributed by atoms with E-state index < -0.39 is 0 Å². The van der Waals surface area contributed by atoms with Gasteiger partial charge in [0.1, 0.15) is 0 Å². The van der Waals surface area contributed by atoms with Gasteiger partial charge in [-0.15, -0.1) is 0 Å².